The van der Waals surface area contributed by atoms with E-state index in [0.29, 0.717) is 17.2 Å². The maximum Gasteiger partial charge on any atom is 0.139 e. The van der Waals surface area contributed by atoms with Gasteiger partial charge in [0.05, 0.1) is 6.07 Å². The van der Waals surface area contributed by atoms with Gasteiger partial charge < -0.3 is 0 Å². The highest BCUT2D eigenvalue weighted by Crippen LogP contribution is 2.25. The number of rotatable bonds is 5. The number of halogens is 2. The van der Waals surface area contributed by atoms with E-state index in [1.54, 1.807) is 6.92 Å². The molecule has 1 aromatic rings. The molecule has 1 aromatic carbocycles. The second kappa shape index (κ2) is 5.99. The molecule has 1 atom stereocenters. The van der Waals surface area contributed by atoms with E-state index in [1.165, 1.54) is 23.9 Å². The van der Waals surface area contributed by atoms with Crippen molar-refractivity contribution in [3.05, 3.63) is 29.8 Å². The van der Waals surface area contributed by atoms with Gasteiger partial charge in [-0.05, 0) is 25.6 Å². The zero-order chi connectivity index (χ0) is 12.9. The third-order valence-corrected chi connectivity index (χ3v) is 3.59. The standard InChI is InChI=1S/C12H14F2N2S/c1-3-16-12(2,7-15)8-17-11-5-4-9(13)6-10(11)14/h4-6,16H,3,8H2,1-2H3. The van der Waals surface area contributed by atoms with Crippen molar-refractivity contribution in [2.24, 2.45) is 0 Å². The lowest BCUT2D eigenvalue weighted by Gasteiger charge is -2.21. The average molecular weight is 256 g/mol. The molecule has 17 heavy (non-hydrogen) atoms. The summed E-state index contributed by atoms with van der Waals surface area (Å²) in [5.74, 6) is -0.784. The Morgan fingerprint density at radius 3 is 2.71 bits per heavy atom. The van der Waals surface area contributed by atoms with E-state index in [1.807, 2.05) is 6.92 Å². The first-order valence-corrected chi connectivity index (χ1v) is 6.23. The van der Waals surface area contributed by atoms with Crippen LogP contribution in [0.5, 0.6) is 0 Å². The van der Waals surface area contributed by atoms with Crippen LogP contribution in [-0.2, 0) is 0 Å². The van der Waals surface area contributed by atoms with Gasteiger partial charge in [0.25, 0.3) is 0 Å². The van der Waals surface area contributed by atoms with Crippen LogP contribution in [0.25, 0.3) is 0 Å². The highest BCUT2D eigenvalue weighted by atomic mass is 32.2. The van der Waals surface area contributed by atoms with Crippen LogP contribution in [0.15, 0.2) is 23.1 Å². The zero-order valence-electron chi connectivity index (χ0n) is 9.76. The first kappa shape index (κ1) is 13.9. The molecule has 1 N–H and O–H groups in total. The number of hydrogen-bond acceptors (Lipinski definition) is 3. The number of nitriles is 1. The minimum atomic E-state index is -0.708. The molecule has 2 nitrogen and oxygen atoms in total. The first-order valence-electron chi connectivity index (χ1n) is 5.25. The fourth-order valence-corrected chi connectivity index (χ4v) is 2.30. The summed E-state index contributed by atoms with van der Waals surface area (Å²) in [7, 11) is 0. The fourth-order valence-electron chi connectivity index (χ4n) is 1.33. The Morgan fingerprint density at radius 2 is 2.18 bits per heavy atom. The topological polar surface area (TPSA) is 35.8 Å². The molecule has 0 heterocycles. The van der Waals surface area contributed by atoms with Crippen molar-refractivity contribution < 1.29 is 8.78 Å². The van der Waals surface area contributed by atoms with Gasteiger partial charge in [-0.2, -0.15) is 5.26 Å². The molecule has 0 aromatic heterocycles. The van der Waals surface area contributed by atoms with Crippen LogP contribution in [0.4, 0.5) is 8.78 Å². The van der Waals surface area contributed by atoms with Crippen LogP contribution < -0.4 is 5.32 Å². The van der Waals surface area contributed by atoms with Crippen molar-refractivity contribution in [1.29, 1.82) is 5.26 Å². The summed E-state index contributed by atoms with van der Waals surface area (Å²) in [4.78, 5) is 0.353. The van der Waals surface area contributed by atoms with Gasteiger partial charge in [-0.25, -0.2) is 8.78 Å². The van der Waals surface area contributed by atoms with E-state index in [2.05, 4.69) is 11.4 Å². The van der Waals surface area contributed by atoms with E-state index < -0.39 is 17.2 Å². The SMILES string of the molecule is CCNC(C)(C#N)CSc1ccc(F)cc1F. The maximum absolute atomic E-state index is 13.4. The van der Waals surface area contributed by atoms with Crippen molar-refractivity contribution in [3.8, 4) is 6.07 Å². The molecule has 92 valence electrons. The summed E-state index contributed by atoms with van der Waals surface area (Å²) >= 11 is 1.20. The van der Waals surface area contributed by atoms with Crippen LogP contribution >= 0.6 is 11.8 Å². The Hall–Kier alpha value is -1.12. The Morgan fingerprint density at radius 1 is 1.47 bits per heavy atom. The van der Waals surface area contributed by atoms with Crippen molar-refractivity contribution in [2.45, 2.75) is 24.3 Å². The average Bonchev–Trinajstić information content (AvgIpc) is 2.28. The number of hydrogen-bond donors (Lipinski definition) is 1. The van der Waals surface area contributed by atoms with E-state index in [9.17, 15) is 8.78 Å². The Kier molecular flexibility index (Phi) is 4.91. The summed E-state index contributed by atoms with van der Waals surface area (Å²) in [6.07, 6.45) is 0. The van der Waals surface area contributed by atoms with Crippen molar-refractivity contribution in [1.82, 2.24) is 5.32 Å². The van der Waals surface area contributed by atoms with Crippen LogP contribution in [0.3, 0.4) is 0 Å². The third-order valence-electron chi connectivity index (χ3n) is 2.22. The largest absolute Gasteiger partial charge is 0.299 e. The molecule has 0 aliphatic carbocycles. The van der Waals surface area contributed by atoms with Gasteiger partial charge >= 0.3 is 0 Å². The highest BCUT2D eigenvalue weighted by molar-refractivity contribution is 7.99. The summed E-state index contributed by atoms with van der Waals surface area (Å²) in [5, 5.41) is 12.1. The molecule has 0 spiro atoms. The van der Waals surface area contributed by atoms with Gasteiger partial charge in [0.1, 0.15) is 17.2 Å². The zero-order valence-corrected chi connectivity index (χ0v) is 10.6. The lowest BCUT2D eigenvalue weighted by Crippen LogP contribution is -2.43. The van der Waals surface area contributed by atoms with E-state index >= 15 is 0 Å². The fraction of sp³-hybridized carbons (Fsp3) is 0.417. The lowest BCUT2D eigenvalue weighted by atomic mass is 10.1. The predicted molar refractivity (Wildman–Crippen MR) is 64.8 cm³/mol. The first-order chi connectivity index (χ1) is 8.00. The molecule has 1 rings (SSSR count). The molecule has 0 amide bonds. The molecule has 0 saturated carbocycles. The van der Waals surface area contributed by atoms with Crippen molar-refractivity contribution in [2.75, 3.05) is 12.3 Å². The lowest BCUT2D eigenvalue weighted by molar-refractivity contribution is 0.510. The van der Waals surface area contributed by atoms with E-state index in [0.717, 1.165) is 6.07 Å². The predicted octanol–water partition coefficient (Wildman–Crippen LogP) is 2.95. The molecular weight excluding hydrogens is 242 g/mol. The summed E-state index contributed by atoms with van der Waals surface area (Å²) in [6.45, 7) is 4.32. The highest BCUT2D eigenvalue weighted by Gasteiger charge is 2.23. The second-order valence-corrected chi connectivity index (χ2v) is 4.85. The number of nitrogens with zero attached hydrogens (tertiary/aromatic N) is 1. The van der Waals surface area contributed by atoms with Crippen LogP contribution in [0.1, 0.15) is 13.8 Å². The Balaban J connectivity index is 2.70. The number of nitrogens with one attached hydrogen (secondary N) is 1. The molecule has 0 aliphatic heterocycles. The molecule has 5 heteroatoms. The van der Waals surface area contributed by atoms with Gasteiger partial charge in [0.2, 0.25) is 0 Å². The molecule has 0 radical (unpaired) electrons. The normalized spacial score (nSPS) is 14.1. The molecular formula is C12H14F2N2S. The molecule has 0 saturated heterocycles. The molecule has 0 fully saturated rings. The Labute approximate surface area is 104 Å². The van der Waals surface area contributed by atoms with Crippen molar-refractivity contribution in [3.63, 3.8) is 0 Å². The second-order valence-electron chi connectivity index (χ2n) is 3.84. The van der Waals surface area contributed by atoms with E-state index in [4.69, 9.17) is 5.26 Å². The van der Waals surface area contributed by atoms with Crippen LogP contribution in [0.2, 0.25) is 0 Å². The van der Waals surface area contributed by atoms with Crippen molar-refractivity contribution >= 4 is 11.8 Å². The minimum absolute atomic E-state index is 0.353. The number of thioether (sulfide) groups is 1. The molecule has 0 bridgehead atoms. The summed E-state index contributed by atoms with van der Waals surface area (Å²) in [6, 6.07) is 5.60. The van der Waals surface area contributed by atoms with Crippen LogP contribution in [-0.4, -0.2) is 17.8 Å². The maximum atomic E-state index is 13.4. The minimum Gasteiger partial charge on any atom is -0.299 e. The van der Waals surface area contributed by atoms with Crippen LogP contribution in [0, 0.1) is 23.0 Å². The monoisotopic (exact) mass is 256 g/mol. The third kappa shape index (κ3) is 3.99. The van der Waals surface area contributed by atoms with Gasteiger partial charge in [0.15, 0.2) is 0 Å². The van der Waals surface area contributed by atoms with Gasteiger partial charge in [0, 0.05) is 16.7 Å². The van der Waals surface area contributed by atoms with Gasteiger partial charge in [-0.1, -0.05) is 6.92 Å². The summed E-state index contributed by atoms with van der Waals surface area (Å²) in [5.41, 5.74) is -0.708. The molecule has 1 unspecified atom stereocenters. The summed E-state index contributed by atoms with van der Waals surface area (Å²) < 4.78 is 26.0. The van der Waals surface area contributed by atoms with Gasteiger partial charge in [-0.3, -0.25) is 5.32 Å². The van der Waals surface area contributed by atoms with Gasteiger partial charge in [-0.15, -0.1) is 11.8 Å². The Bertz CT molecular complexity index is 431. The smallest absolute Gasteiger partial charge is 0.139 e. The van der Waals surface area contributed by atoms with E-state index in [-0.39, 0.29) is 0 Å². The number of benzene rings is 1. The quantitative estimate of drug-likeness (QED) is 0.823. The molecule has 0 aliphatic rings.